The Hall–Kier alpha value is -2.41. The Balaban J connectivity index is 2.61. The monoisotopic (exact) mass is 297 g/mol. The zero-order valence-electron chi connectivity index (χ0n) is 10.5. The third-order valence-electron chi connectivity index (χ3n) is 2.85. The first-order valence-electron chi connectivity index (χ1n) is 5.82. The van der Waals surface area contributed by atoms with Crippen molar-refractivity contribution >= 4 is 5.97 Å². The summed E-state index contributed by atoms with van der Waals surface area (Å²) in [5, 5.41) is 18.2. The highest BCUT2D eigenvalue weighted by molar-refractivity contribution is 5.75. The zero-order valence-corrected chi connectivity index (χ0v) is 10.5. The summed E-state index contributed by atoms with van der Waals surface area (Å²) in [7, 11) is 0. The lowest BCUT2D eigenvalue weighted by atomic mass is 9.97. The minimum Gasteiger partial charge on any atom is -0.479 e. The topological polar surface area (TPSA) is 70.4 Å². The number of halogens is 3. The van der Waals surface area contributed by atoms with Crippen LogP contribution in [0.1, 0.15) is 17.2 Å². The van der Waals surface area contributed by atoms with Gasteiger partial charge in [-0.25, -0.2) is 4.79 Å². The van der Waals surface area contributed by atoms with E-state index >= 15 is 0 Å². The molecular weight excluding hydrogens is 287 g/mol. The van der Waals surface area contributed by atoms with E-state index in [1.54, 1.807) is 0 Å². The average Bonchev–Trinajstić information content (AvgIpc) is 2.46. The zero-order chi connectivity index (χ0) is 15.6. The molecule has 21 heavy (non-hydrogen) atoms. The van der Waals surface area contributed by atoms with E-state index in [1.165, 1.54) is 30.6 Å². The first-order valence-corrected chi connectivity index (χ1v) is 5.82. The SMILES string of the molecule is O=C(O)C(O)c1cc(-c2ccncc2)cc(C(F)(F)F)c1. The fourth-order valence-electron chi connectivity index (χ4n) is 1.83. The third kappa shape index (κ3) is 3.38. The molecule has 2 N–H and O–H groups in total. The fourth-order valence-corrected chi connectivity index (χ4v) is 1.83. The van der Waals surface area contributed by atoms with Crippen molar-refractivity contribution in [1.29, 1.82) is 0 Å². The number of alkyl halides is 3. The van der Waals surface area contributed by atoms with E-state index in [4.69, 9.17) is 5.11 Å². The second-order valence-corrected chi connectivity index (χ2v) is 4.32. The largest absolute Gasteiger partial charge is 0.479 e. The lowest BCUT2D eigenvalue weighted by molar-refractivity contribution is -0.147. The molecule has 0 aliphatic rings. The number of aliphatic carboxylic acids is 1. The molecule has 0 fully saturated rings. The molecule has 0 aliphatic carbocycles. The van der Waals surface area contributed by atoms with Crippen LogP contribution in [0.15, 0.2) is 42.7 Å². The molecule has 0 saturated carbocycles. The Bertz CT molecular complexity index is 656. The van der Waals surface area contributed by atoms with Gasteiger partial charge in [0, 0.05) is 12.4 Å². The number of hydrogen-bond acceptors (Lipinski definition) is 3. The average molecular weight is 297 g/mol. The maximum atomic E-state index is 12.9. The van der Waals surface area contributed by atoms with Gasteiger partial charge in [0.05, 0.1) is 5.56 Å². The number of carbonyl (C=O) groups is 1. The second kappa shape index (κ2) is 5.53. The molecule has 2 rings (SSSR count). The molecule has 0 amide bonds. The highest BCUT2D eigenvalue weighted by Gasteiger charge is 2.32. The smallest absolute Gasteiger partial charge is 0.416 e. The van der Waals surface area contributed by atoms with Gasteiger partial charge < -0.3 is 10.2 Å². The molecule has 0 radical (unpaired) electrons. The van der Waals surface area contributed by atoms with Gasteiger partial charge in [-0.05, 0) is 47.0 Å². The highest BCUT2D eigenvalue weighted by Crippen LogP contribution is 2.34. The first kappa shape index (κ1) is 15.0. The van der Waals surface area contributed by atoms with E-state index in [9.17, 15) is 23.1 Å². The molecule has 110 valence electrons. The molecule has 0 spiro atoms. The molecule has 1 heterocycles. The van der Waals surface area contributed by atoms with Crippen molar-refractivity contribution in [3.05, 3.63) is 53.9 Å². The van der Waals surface area contributed by atoms with Crippen molar-refractivity contribution in [3.8, 4) is 11.1 Å². The van der Waals surface area contributed by atoms with E-state index in [1.807, 2.05) is 0 Å². The number of aromatic nitrogens is 1. The number of carboxylic acids is 1. The lowest BCUT2D eigenvalue weighted by Gasteiger charge is -2.14. The highest BCUT2D eigenvalue weighted by atomic mass is 19.4. The molecule has 0 aliphatic heterocycles. The first-order chi connectivity index (χ1) is 9.79. The molecule has 1 atom stereocenters. The predicted molar refractivity (Wildman–Crippen MR) is 67.3 cm³/mol. The van der Waals surface area contributed by atoms with Crippen molar-refractivity contribution in [3.63, 3.8) is 0 Å². The Morgan fingerprint density at radius 2 is 1.71 bits per heavy atom. The molecule has 1 aromatic carbocycles. The Morgan fingerprint density at radius 1 is 1.10 bits per heavy atom. The number of benzene rings is 1. The van der Waals surface area contributed by atoms with Crippen molar-refractivity contribution in [2.75, 3.05) is 0 Å². The molecule has 1 unspecified atom stereocenters. The van der Waals surface area contributed by atoms with E-state index in [0.717, 1.165) is 6.07 Å². The Kier molecular flexibility index (Phi) is 3.95. The minimum absolute atomic E-state index is 0.155. The minimum atomic E-state index is -4.64. The Labute approximate surface area is 117 Å². The van der Waals surface area contributed by atoms with Gasteiger partial charge in [0.2, 0.25) is 0 Å². The summed E-state index contributed by atoms with van der Waals surface area (Å²) in [5.41, 5.74) is -0.756. The van der Waals surface area contributed by atoms with Crippen molar-refractivity contribution < 1.29 is 28.2 Å². The maximum Gasteiger partial charge on any atom is 0.416 e. The summed E-state index contributed by atoms with van der Waals surface area (Å²) in [6.45, 7) is 0. The molecular formula is C14H10F3NO3. The van der Waals surface area contributed by atoms with Crippen LogP contribution < -0.4 is 0 Å². The number of pyridine rings is 1. The van der Waals surface area contributed by atoms with Gasteiger partial charge in [-0.3, -0.25) is 4.98 Å². The van der Waals surface area contributed by atoms with E-state index in [2.05, 4.69) is 4.98 Å². The molecule has 0 bridgehead atoms. The summed E-state index contributed by atoms with van der Waals surface area (Å²) < 4.78 is 38.7. The van der Waals surface area contributed by atoms with Gasteiger partial charge in [-0.2, -0.15) is 13.2 Å². The van der Waals surface area contributed by atoms with Crippen molar-refractivity contribution in [2.45, 2.75) is 12.3 Å². The van der Waals surface area contributed by atoms with Crippen LogP contribution in [0.3, 0.4) is 0 Å². The second-order valence-electron chi connectivity index (χ2n) is 4.32. The quantitative estimate of drug-likeness (QED) is 0.914. The predicted octanol–water partition coefficient (Wildman–Crippen LogP) is 2.89. The molecule has 7 heteroatoms. The molecule has 2 aromatic rings. The molecule has 1 aromatic heterocycles. The van der Waals surface area contributed by atoms with Gasteiger partial charge in [0.1, 0.15) is 0 Å². The number of aliphatic hydroxyl groups is 1. The summed E-state index contributed by atoms with van der Waals surface area (Å²) in [5.74, 6) is -1.62. The summed E-state index contributed by atoms with van der Waals surface area (Å²) in [6, 6.07) is 5.72. The molecule has 0 saturated heterocycles. The van der Waals surface area contributed by atoms with Gasteiger partial charge in [0.15, 0.2) is 6.10 Å². The van der Waals surface area contributed by atoms with Crippen LogP contribution in [0, 0.1) is 0 Å². The Morgan fingerprint density at radius 3 is 2.24 bits per heavy atom. The van der Waals surface area contributed by atoms with E-state index in [0.29, 0.717) is 11.6 Å². The fraction of sp³-hybridized carbons (Fsp3) is 0.143. The third-order valence-corrected chi connectivity index (χ3v) is 2.85. The normalized spacial score (nSPS) is 13.0. The van der Waals surface area contributed by atoms with Gasteiger partial charge in [-0.1, -0.05) is 0 Å². The number of nitrogens with zero attached hydrogens (tertiary/aromatic N) is 1. The number of hydrogen-bond donors (Lipinski definition) is 2. The van der Waals surface area contributed by atoms with E-state index in [-0.39, 0.29) is 11.1 Å². The number of carboxylic acid groups (broad SMARTS) is 1. The van der Waals surface area contributed by atoms with Gasteiger partial charge in [0.25, 0.3) is 0 Å². The van der Waals surface area contributed by atoms with Gasteiger partial charge in [-0.15, -0.1) is 0 Å². The summed E-state index contributed by atoms with van der Waals surface area (Å²) in [6.07, 6.45) is -3.85. The van der Waals surface area contributed by atoms with Crippen LogP contribution in [-0.2, 0) is 11.0 Å². The van der Waals surface area contributed by atoms with Crippen LogP contribution in [0.5, 0.6) is 0 Å². The van der Waals surface area contributed by atoms with Gasteiger partial charge >= 0.3 is 12.1 Å². The van der Waals surface area contributed by atoms with Crippen LogP contribution in [0.4, 0.5) is 13.2 Å². The number of rotatable bonds is 3. The maximum absolute atomic E-state index is 12.9. The van der Waals surface area contributed by atoms with Crippen LogP contribution in [0.2, 0.25) is 0 Å². The summed E-state index contributed by atoms with van der Waals surface area (Å²) >= 11 is 0. The van der Waals surface area contributed by atoms with E-state index < -0.39 is 23.8 Å². The van der Waals surface area contributed by atoms with Crippen LogP contribution in [-0.4, -0.2) is 21.2 Å². The standard InChI is InChI=1S/C14H10F3NO3/c15-14(16,17)11-6-9(8-1-3-18-4-2-8)5-10(7-11)12(19)13(20)21/h1-7,12,19H,(H,20,21). The van der Waals surface area contributed by atoms with Crippen LogP contribution >= 0.6 is 0 Å². The summed E-state index contributed by atoms with van der Waals surface area (Å²) in [4.78, 5) is 14.5. The van der Waals surface area contributed by atoms with Crippen molar-refractivity contribution in [1.82, 2.24) is 4.98 Å². The van der Waals surface area contributed by atoms with Crippen LogP contribution in [0.25, 0.3) is 11.1 Å². The lowest BCUT2D eigenvalue weighted by Crippen LogP contribution is -2.13. The molecule has 4 nitrogen and oxygen atoms in total. The number of aliphatic hydroxyl groups excluding tert-OH is 1. The van der Waals surface area contributed by atoms with Crippen molar-refractivity contribution in [2.24, 2.45) is 0 Å².